The highest BCUT2D eigenvalue weighted by molar-refractivity contribution is 5.40. The maximum absolute atomic E-state index is 8.99. The third-order valence-electron chi connectivity index (χ3n) is 3.50. The molecule has 104 valence electrons. The first-order chi connectivity index (χ1) is 9.74. The zero-order valence-electron chi connectivity index (χ0n) is 11.5. The van der Waals surface area contributed by atoms with E-state index >= 15 is 0 Å². The van der Waals surface area contributed by atoms with Gasteiger partial charge in [0.1, 0.15) is 24.2 Å². The smallest absolute Gasteiger partial charge is 0.137 e. The van der Waals surface area contributed by atoms with Gasteiger partial charge in [0, 0.05) is 6.42 Å². The molecular weight excluding hydrogens is 252 g/mol. The van der Waals surface area contributed by atoms with Gasteiger partial charge >= 0.3 is 0 Å². The number of aryl methyl sites for hydroxylation is 1. The van der Waals surface area contributed by atoms with E-state index in [0.29, 0.717) is 6.61 Å². The molecule has 3 nitrogen and oxygen atoms in total. The van der Waals surface area contributed by atoms with Gasteiger partial charge in [-0.15, -0.1) is 0 Å². The van der Waals surface area contributed by atoms with Crippen LogP contribution in [0.2, 0.25) is 0 Å². The van der Waals surface area contributed by atoms with Gasteiger partial charge in [-0.25, -0.2) is 0 Å². The molecule has 0 saturated carbocycles. The second-order valence-corrected chi connectivity index (χ2v) is 5.17. The first-order valence-corrected chi connectivity index (χ1v) is 6.83. The summed E-state index contributed by atoms with van der Waals surface area (Å²) in [5.74, 6) is 1.78. The first-order valence-electron chi connectivity index (χ1n) is 6.83. The summed E-state index contributed by atoms with van der Waals surface area (Å²) >= 11 is 0. The van der Waals surface area contributed by atoms with Crippen molar-refractivity contribution < 1.29 is 14.6 Å². The summed E-state index contributed by atoms with van der Waals surface area (Å²) in [4.78, 5) is 0. The van der Waals surface area contributed by atoms with Crippen LogP contribution >= 0.6 is 0 Å². The molecule has 1 unspecified atom stereocenters. The highest BCUT2D eigenvalue weighted by atomic mass is 16.5. The maximum atomic E-state index is 8.99. The van der Waals surface area contributed by atoms with E-state index < -0.39 is 0 Å². The van der Waals surface area contributed by atoms with Crippen LogP contribution in [-0.2, 0) is 13.0 Å². The Morgan fingerprint density at radius 2 is 2.00 bits per heavy atom. The molecule has 0 amide bonds. The summed E-state index contributed by atoms with van der Waals surface area (Å²) in [7, 11) is 0. The molecule has 0 aromatic heterocycles. The Hall–Kier alpha value is -2.00. The lowest BCUT2D eigenvalue weighted by Gasteiger charge is -2.12. The molecule has 0 aliphatic carbocycles. The van der Waals surface area contributed by atoms with Gasteiger partial charge in [-0.3, -0.25) is 0 Å². The van der Waals surface area contributed by atoms with E-state index in [0.717, 1.165) is 23.5 Å². The maximum Gasteiger partial charge on any atom is 0.137 e. The summed E-state index contributed by atoms with van der Waals surface area (Å²) in [6, 6.07) is 13.7. The van der Waals surface area contributed by atoms with Gasteiger partial charge in [-0.05, 0) is 36.2 Å². The van der Waals surface area contributed by atoms with E-state index in [1.54, 1.807) is 0 Å². The quantitative estimate of drug-likeness (QED) is 0.928. The molecule has 0 radical (unpaired) electrons. The van der Waals surface area contributed by atoms with Gasteiger partial charge < -0.3 is 14.6 Å². The Morgan fingerprint density at radius 3 is 2.75 bits per heavy atom. The molecule has 1 heterocycles. The second kappa shape index (κ2) is 5.55. The van der Waals surface area contributed by atoms with Crippen LogP contribution in [0.3, 0.4) is 0 Å². The lowest BCUT2D eigenvalue weighted by Crippen LogP contribution is -2.22. The van der Waals surface area contributed by atoms with E-state index in [1.165, 1.54) is 11.1 Å². The molecule has 3 rings (SSSR count). The van der Waals surface area contributed by atoms with Crippen LogP contribution in [0.25, 0.3) is 0 Å². The number of hydrogen-bond acceptors (Lipinski definition) is 3. The molecule has 1 N–H and O–H groups in total. The zero-order valence-corrected chi connectivity index (χ0v) is 11.5. The van der Waals surface area contributed by atoms with Crippen molar-refractivity contribution in [1.82, 2.24) is 0 Å². The fourth-order valence-electron chi connectivity index (χ4n) is 2.42. The molecule has 0 fully saturated rings. The van der Waals surface area contributed by atoms with Gasteiger partial charge in [0.25, 0.3) is 0 Å². The molecule has 1 aliphatic rings. The molecule has 0 saturated heterocycles. The van der Waals surface area contributed by atoms with Crippen LogP contribution in [0.4, 0.5) is 0 Å². The highest BCUT2D eigenvalue weighted by Crippen LogP contribution is 2.29. The molecule has 3 heteroatoms. The lowest BCUT2D eigenvalue weighted by molar-refractivity contribution is 0.148. The van der Waals surface area contributed by atoms with E-state index in [-0.39, 0.29) is 12.7 Å². The first kappa shape index (κ1) is 13.0. The third kappa shape index (κ3) is 2.78. The van der Waals surface area contributed by atoms with E-state index in [9.17, 15) is 0 Å². The van der Waals surface area contributed by atoms with Crippen molar-refractivity contribution in [3.8, 4) is 11.5 Å². The Kier molecular flexibility index (Phi) is 3.61. The minimum Gasteiger partial charge on any atom is -0.490 e. The minimum atomic E-state index is 0.0562. The predicted molar refractivity (Wildman–Crippen MR) is 77.2 cm³/mol. The Bertz CT molecular complexity index is 590. The Labute approximate surface area is 118 Å². The topological polar surface area (TPSA) is 38.7 Å². The fraction of sp³-hybridized carbons (Fsp3) is 0.294. The fourth-order valence-corrected chi connectivity index (χ4v) is 2.42. The lowest BCUT2D eigenvalue weighted by atomic mass is 10.1. The van der Waals surface area contributed by atoms with Crippen molar-refractivity contribution in [2.24, 2.45) is 0 Å². The summed E-state index contributed by atoms with van der Waals surface area (Å²) in [5.41, 5.74) is 3.40. The average Bonchev–Trinajstić information content (AvgIpc) is 2.87. The van der Waals surface area contributed by atoms with Gasteiger partial charge in [0.15, 0.2) is 0 Å². The molecule has 2 aromatic carbocycles. The zero-order chi connectivity index (χ0) is 13.9. The molecule has 0 bridgehead atoms. The number of fused-ring (bicyclic) bond motifs is 1. The number of aliphatic hydroxyl groups excluding tert-OH is 1. The molecule has 2 aromatic rings. The molecule has 20 heavy (non-hydrogen) atoms. The summed E-state index contributed by atoms with van der Waals surface area (Å²) in [6.45, 7) is 2.68. The van der Waals surface area contributed by atoms with E-state index in [2.05, 4.69) is 19.1 Å². The highest BCUT2D eigenvalue weighted by Gasteiger charge is 2.23. The van der Waals surface area contributed by atoms with Crippen LogP contribution in [0.15, 0.2) is 42.5 Å². The normalized spacial score (nSPS) is 16.6. The number of benzene rings is 2. The van der Waals surface area contributed by atoms with Crippen molar-refractivity contribution in [2.75, 3.05) is 6.61 Å². The number of hydrogen-bond donors (Lipinski definition) is 1. The molecule has 1 atom stereocenters. The van der Waals surface area contributed by atoms with Gasteiger partial charge in [-0.1, -0.05) is 29.8 Å². The van der Waals surface area contributed by atoms with Crippen molar-refractivity contribution >= 4 is 0 Å². The van der Waals surface area contributed by atoms with Crippen LogP contribution in [0.1, 0.15) is 16.7 Å². The predicted octanol–water partition coefficient (Wildman–Crippen LogP) is 2.87. The average molecular weight is 270 g/mol. The van der Waals surface area contributed by atoms with Gasteiger partial charge in [0.05, 0.1) is 6.61 Å². The van der Waals surface area contributed by atoms with Crippen molar-refractivity contribution in [3.63, 3.8) is 0 Å². The number of ether oxygens (including phenoxy) is 2. The molecule has 1 aliphatic heterocycles. The Balaban J connectivity index is 1.58. The molecular formula is C17H18O3. The van der Waals surface area contributed by atoms with Crippen LogP contribution in [0.5, 0.6) is 11.5 Å². The van der Waals surface area contributed by atoms with Crippen LogP contribution in [-0.4, -0.2) is 17.8 Å². The Morgan fingerprint density at radius 1 is 1.20 bits per heavy atom. The third-order valence-corrected chi connectivity index (χ3v) is 3.50. The summed E-state index contributed by atoms with van der Waals surface area (Å²) in [5, 5.41) is 8.99. The number of aliphatic hydroxyl groups is 1. The van der Waals surface area contributed by atoms with Gasteiger partial charge in [0.2, 0.25) is 0 Å². The van der Waals surface area contributed by atoms with Crippen molar-refractivity contribution in [3.05, 3.63) is 59.2 Å². The summed E-state index contributed by atoms with van der Waals surface area (Å²) < 4.78 is 11.6. The van der Waals surface area contributed by atoms with E-state index in [1.807, 2.05) is 30.3 Å². The SMILES string of the molecule is Cc1ccc2c(c1)CC(COc1ccc(CO)cc1)O2. The number of rotatable bonds is 4. The van der Waals surface area contributed by atoms with Crippen LogP contribution in [0, 0.1) is 6.92 Å². The summed E-state index contributed by atoms with van der Waals surface area (Å²) in [6.07, 6.45) is 0.968. The largest absolute Gasteiger partial charge is 0.490 e. The van der Waals surface area contributed by atoms with E-state index in [4.69, 9.17) is 14.6 Å². The van der Waals surface area contributed by atoms with Gasteiger partial charge in [-0.2, -0.15) is 0 Å². The minimum absolute atomic E-state index is 0.0562. The van der Waals surface area contributed by atoms with Crippen molar-refractivity contribution in [2.45, 2.75) is 26.1 Å². The standard InChI is InChI=1S/C17H18O3/c1-12-2-7-17-14(8-12)9-16(20-17)11-19-15-5-3-13(10-18)4-6-15/h2-8,16,18H,9-11H2,1H3. The monoisotopic (exact) mass is 270 g/mol. The second-order valence-electron chi connectivity index (χ2n) is 5.17. The van der Waals surface area contributed by atoms with Crippen molar-refractivity contribution in [1.29, 1.82) is 0 Å². The molecule has 0 spiro atoms. The van der Waals surface area contributed by atoms with Crippen LogP contribution < -0.4 is 9.47 Å².